The average Bonchev–Trinajstić information content (AvgIpc) is 2.84. The Hall–Kier alpha value is -3.24. The molecule has 5 heteroatoms. The zero-order valence-electron chi connectivity index (χ0n) is 18.8. The molecule has 0 amide bonds. The van der Waals surface area contributed by atoms with Gasteiger partial charge in [0.1, 0.15) is 10.8 Å². The number of pyridine rings is 2. The van der Waals surface area contributed by atoms with Crippen molar-refractivity contribution in [2.24, 2.45) is 0 Å². The third-order valence-corrected chi connectivity index (χ3v) is 6.79. The van der Waals surface area contributed by atoms with Gasteiger partial charge in [-0.1, -0.05) is 95.5 Å². The molecule has 0 spiro atoms. The van der Waals surface area contributed by atoms with E-state index in [2.05, 4.69) is 9.97 Å². The summed E-state index contributed by atoms with van der Waals surface area (Å²) in [6.07, 6.45) is 1.72. The summed E-state index contributed by atoms with van der Waals surface area (Å²) in [5, 5.41) is 13.9. The molecule has 0 aliphatic rings. The SMILES string of the molecule is Cc1cccc(C(O)(c2ccc(C)nc2)c2ccc3nc(Cl)c(-c4ccccc4)c(Cl)c3c2)c1. The van der Waals surface area contributed by atoms with Crippen molar-refractivity contribution in [1.82, 2.24) is 9.97 Å². The van der Waals surface area contributed by atoms with E-state index in [1.807, 2.05) is 98.8 Å². The number of benzene rings is 3. The van der Waals surface area contributed by atoms with Crippen LogP contribution < -0.4 is 0 Å². The lowest BCUT2D eigenvalue weighted by Gasteiger charge is -2.30. The molecule has 3 aromatic carbocycles. The maximum Gasteiger partial charge on any atom is 0.142 e. The molecule has 34 heavy (non-hydrogen) atoms. The first-order valence-electron chi connectivity index (χ1n) is 11.0. The summed E-state index contributed by atoms with van der Waals surface area (Å²) in [4.78, 5) is 9.04. The van der Waals surface area contributed by atoms with E-state index in [1.54, 1.807) is 6.20 Å². The lowest BCUT2D eigenvalue weighted by atomic mass is 9.80. The topological polar surface area (TPSA) is 46.0 Å². The number of hydrogen-bond acceptors (Lipinski definition) is 3. The molecule has 1 N–H and O–H groups in total. The second-order valence-electron chi connectivity index (χ2n) is 8.46. The van der Waals surface area contributed by atoms with Crippen LogP contribution in [0.1, 0.15) is 27.9 Å². The molecule has 0 radical (unpaired) electrons. The van der Waals surface area contributed by atoms with E-state index in [4.69, 9.17) is 23.2 Å². The van der Waals surface area contributed by atoms with Crippen molar-refractivity contribution >= 4 is 34.1 Å². The third-order valence-electron chi connectivity index (χ3n) is 6.12. The third kappa shape index (κ3) is 3.86. The van der Waals surface area contributed by atoms with Crippen LogP contribution in [0.25, 0.3) is 22.0 Å². The van der Waals surface area contributed by atoms with Crippen molar-refractivity contribution in [3.8, 4) is 11.1 Å². The standard InChI is InChI=1S/C29H22Cl2N2O/c1-18-7-6-10-21(15-18)29(34,23-12-11-19(2)32-17-23)22-13-14-25-24(16-22)27(30)26(28(31)33-25)20-8-4-3-5-9-20/h3-17,34H,1-2H3. The number of aromatic nitrogens is 2. The van der Waals surface area contributed by atoms with Crippen molar-refractivity contribution in [2.45, 2.75) is 19.4 Å². The van der Waals surface area contributed by atoms with Crippen LogP contribution in [0.2, 0.25) is 10.2 Å². The van der Waals surface area contributed by atoms with Gasteiger partial charge in [0.2, 0.25) is 0 Å². The molecule has 0 fully saturated rings. The summed E-state index contributed by atoms with van der Waals surface area (Å²) in [5.74, 6) is 0. The van der Waals surface area contributed by atoms with Crippen molar-refractivity contribution in [3.05, 3.63) is 129 Å². The van der Waals surface area contributed by atoms with E-state index >= 15 is 0 Å². The van der Waals surface area contributed by atoms with Crippen LogP contribution in [0.15, 0.2) is 91.1 Å². The van der Waals surface area contributed by atoms with Crippen molar-refractivity contribution < 1.29 is 5.11 Å². The predicted octanol–water partition coefficient (Wildman–Crippen LogP) is 7.50. The van der Waals surface area contributed by atoms with Gasteiger partial charge in [0, 0.05) is 28.4 Å². The average molecular weight is 485 g/mol. The zero-order valence-corrected chi connectivity index (χ0v) is 20.3. The van der Waals surface area contributed by atoms with Crippen molar-refractivity contribution in [3.63, 3.8) is 0 Å². The minimum Gasteiger partial charge on any atom is -0.376 e. The lowest BCUT2D eigenvalue weighted by molar-refractivity contribution is 0.125. The molecule has 1 atom stereocenters. The summed E-state index contributed by atoms with van der Waals surface area (Å²) in [6.45, 7) is 3.93. The number of fused-ring (bicyclic) bond motifs is 1. The van der Waals surface area contributed by atoms with Gasteiger partial charge < -0.3 is 5.11 Å². The van der Waals surface area contributed by atoms with Crippen LogP contribution in [0.5, 0.6) is 0 Å². The summed E-state index contributed by atoms with van der Waals surface area (Å²) < 4.78 is 0. The molecular weight excluding hydrogens is 463 g/mol. The smallest absolute Gasteiger partial charge is 0.142 e. The number of rotatable bonds is 4. The minimum atomic E-state index is -1.43. The highest BCUT2D eigenvalue weighted by atomic mass is 35.5. The van der Waals surface area contributed by atoms with Gasteiger partial charge in [-0.2, -0.15) is 0 Å². The monoisotopic (exact) mass is 484 g/mol. The number of aryl methyl sites for hydroxylation is 2. The van der Waals surface area contributed by atoms with Gasteiger partial charge in [-0.15, -0.1) is 0 Å². The van der Waals surface area contributed by atoms with Gasteiger partial charge in [-0.3, -0.25) is 4.98 Å². The number of aliphatic hydroxyl groups is 1. The molecule has 5 rings (SSSR count). The highest BCUT2D eigenvalue weighted by Crippen LogP contribution is 2.42. The van der Waals surface area contributed by atoms with E-state index < -0.39 is 5.60 Å². The van der Waals surface area contributed by atoms with E-state index in [0.29, 0.717) is 37.8 Å². The Bertz CT molecular complexity index is 1500. The molecule has 0 saturated heterocycles. The summed E-state index contributed by atoms with van der Waals surface area (Å²) in [6, 6.07) is 27.0. The predicted molar refractivity (Wildman–Crippen MR) is 139 cm³/mol. The molecule has 0 saturated carbocycles. The highest BCUT2D eigenvalue weighted by Gasteiger charge is 2.35. The molecular formula is C29H22Cl2N2O. The maximum absolute atomic E-state index is 12.3. The van der Waals surface area contributed by atoms with Gasteiger partial charge in [-0.25, -0.2) is 4.98 Å². The molecule has 0 bridgehead atoms. The highest BCUT2D eigenvalue weighted by molar-refractivity contribution is 6.42. The van der Waals surface area contributed by atoms with Crippen LogP contribution in [0.4, 0.5) is 0 Å². The molecule has 0 aliphatic heterocycles. The van der Waals surface area contributed by atoms with Crippen LogP contribution in [-0.2, 0) is 5.60 Å². The fourth-order valence-electron chi connectivity index (χ4n) is 4.32. The van der Waals surface area contributed by atoms with Gasteiger partial charge in [0.25, 0.3) is 0 Å². The van der Waals surface area contributed by atoms with Crippen molar-refractivity contribution in [1.29, 1.82) is 0 Å². The fourth-order valence-corrected chi connectivity index (χ4v) is 5.02. The molecule has 3 nitrogen and oxygen atoms in total. The number of hydrogen-bond donors (Lipinski definition) is 1. The molecule has 168 valence electrons. The Morgan fingerprint density at radius 1 is 0.765 bits per heavy atom. The zero-order chi connectivity index (χ0) is 23.9. The summed E-state index contributed by atoms with van der Waals surface area (Å²) in [5.41, 5.74) is 4.80. The summed E-state index contributed by atoms with van der Waals surface area (Å²) >= 11 is 13.5. The normalized spacial score (nSPS) is 13.1. The van der Waals surface area contributed by atoms with E-state index in [0.717, 1.165) is 22.4 Å². The second-order valence-corrected chi connectivity index (χ2v) is 9.19. The first kappa shape index (κ1) is 22.5. The van der Waals surface area contributed by atoms with E-state index in [9.17, 15) is 5.11 Å². The first-order chi connectivity index (χ1) is 16.4. The van der Waals surface area contributed by atoms with Gasteiger partial charge in [0.15, 0.2) is 0 Å². The Balaban J connectivity index is 1.78. The van der Waals surface area contributed by atoms with Gasteiger partial charge >= 0.3 is 0 Å². The molecule has 2 heterocycles. The van der Waals surface area contributed by atoms with Crippen LogP contribution in [-0.4, -0.2) is 15.1 Å². The largest absolute Gasteiger partial charge is 0.376 e. The molecule has 0 aliphatic carbocycles. The molecule has 1 unspecified atom stereocenters. The number of nitrogens with zero attached hydrogens (tertiary/aromatic N) is 2. The fraction of sp³-hybridized carbons (Fsp3) is 0.103. The minimum absolute atomic E-state index is 0.341. The Kier molecular flexibility index (Phi) is 5.86. The Morgan fingerprint density at radius 2 is 1.50 bits per heavy atom. The first-order valence-corrected chi connectivity index (χ1v) is 11.7. The number of halogens is 2. The van der Waals surface area contributed by atoms with E-state index in [1.165, 1.54) is 0 Å². The van der Waals surface area contributed by atoms with Crippen molar-refractivity contribution in [2.75, 3.05) is 0 Å². The van der Waals surface area contributed by atoms with Crippen LogP contribution in [0, 0.1) is 13.8 Å². The van der Waals surface area contributed by atoms with E-state index in [-0.39, 0.29) is 0 Å². The van der Waals surface area contributed by atoms with Gasteiger partial charge in [-0.05, 0) is 48.7 Å². The molecule has 5 aromatic rings. The summed E-state index contributed by atoms with van der Waals surface area (Å²) in [7, 11) is 0. The quantitative estimate of drug-likeness (QED) is 0.268. The van der Waals surface area contributed by atoms with Gasteiger partial charge in [0.05, 0.1) is 10.5 Å². The molecule has 2 aromatic heterocycles. The Labute approximate surface area is 208 Å². The Morgan fingerprint density at radius 3 is 2.21 bits per heavy atom. The van der Waals surface area contributed by atoms with Crippen LogP contribution >= 0.6 is 23.2 Å². The van der Waals surface area contributed by atoms with Crippen LogP contribution in [0.3, 0.4) is 0 Å². The lowest BCUT2D eigenvalue weighted by Crippen LogP contribution is -2.29. The second kappa shape index (κ2) is 8.84. The maximum atomic E-state index is 12.3.